The number of nitrogens with zero attached hydrogens (tertiary/aromatic N) is 4. The third kappa shape index (κ3) is 9.30. The highest BCUT2D eigenvalue weighted by Gasteiger charge is 2.41. The van der Waals surface area contributed by atoms with Crippen LogP contribution in [0.25, 0.3) is 16.6 Å². The van der Waals surface area contributed by atoms with Crippen LogP contribution in [-0.2, 0) is 14.8 Å². The van der Waals surface area contributed by atoms with Crippen molar-refractivity contribution in [3.8, 4) is 11.5 Å². The molecule has 0 atom stereocenters. The first kappa shape index (κ1) is 42.5. The molecule has 4 heterocycles. The van der Waals surface area contributed by atoms with Crippen molar-refractivity contribution in [1.82, 2.24) is 24.9 Å². The summed E-state index contributed by atoms with van der Waals surface area (Å²) in [7, 11) is -4.70. The third-order valence-corrected chi connectivity index (χ3v) is 14.6. The molecule has 328 valence electrons. The molecule has 1 saturated carbocycles. The van der Waals surface area contributed by atoms with Crippen LogP contribution >= 0.6 is 11.6 Å². The Morgan fingerprint density at radius 2 is 1.84 bits per heavy atom. The first-order chi connectivity index (χ1) is 30.4. The smallest absolute Gasteiger partial charge is 0.281 e. The Morgan fingerprint density at radius 3 is 2.57 bits per heavy atom. The van der Waals surface area contributed by atoms with Crippen LogP contribution in [0, 0.1) is 20.9 Å². The van der Waals surface area contributed by atoms with E-state index in [1.54, 1.807) is 24.4 Å². The van der Waals surface area contributed by atoms with E-state index >= 15 is 0 Å². The van der Waals surface area contributed by atoms with E-state index in [-0.39, 0.29) is 22.9 Å². The summed E-state index contributed by atoms with van der Waals surface area (Å²) in [6.07, 6.45) is 15.2. The van der Waals surface area contributed by atoms with E-state index in [4.69, 9.17) is 26.5 Å². The molecule has 5 aliphatic rings. The van der Waals surface area contributed by atoms with Gasteiger partial charge >= 0.3 is 0 Å². The van der Waals surface area contributed by atoms with Gasteiger partial charge in [-0.2, -0.15) is 0 Å². The van der Waals surface area contributed by atoms with Gasteiger partial charge in [-0.25, -0.2) is 18.1 Å². The number of anilines is 1. The molecule has 4 aromatic rings. The fourth-order valence-corrected chi connectivity index (χ4v) is 10.4. The van der Waals surface area contributed by atoms with Crippen molar-refractivity contribution in [2.24, 2.45) is 5.41 Å². The molecule has 17 heteroatoms. The number of piperazine rings is 1. The van der Waals surface area contributed by atoms with Crippen molar-refractivity contribution in [3.63, 3.8) is 0 Å². The van der Waals surface area contributed by atoms with Gasteiger partial charge in [0, 0.05) is 92.6 Å². The van der Waals surface area contributed by atoms with Gasteiger partial charge in [0.15, 0.2) is 0 Å². The van der Waals surface area contributed by atoms with E-state index in [1.807, 2.05) is 18.2 Å². The molecule has 1 spiro atoms. The minimum Gasteiger partial charge on any atom is -0.455 e. The van der Waals surface area contributed by atoms with Crippen LogP contribution in [0.1, 0.15) is 67.3 Å². The zero-order chi connectivity index (χ0) is 43.7. The number of nitrogens with one attached hydrogen (secondary N) is 4. The van der Waals surface area contributed by atoms with Crippen molar-refractivity contribution in [2.75, 3.05) is 50.8 Å². The van der Waals surface area contributed by atoms with Crippen LogP contribution in [0.2, 0.25) is 5.02 Å². The number of carbonyl (C=O) groups is 1. The first-order valence-electron chi connectivity index (χ1n) is 21.4. The van der Waals surface area contributed by atoms with Gasteiger partial charge in [-0.15, -0.1) is 0 Å². The van der Waals surface area contributed by atoms with Gasteiger partial charge < -0.3 is 24.7 Å². The number of hydrogen-bond donors (Lipinski definition) is 4. The first-order valence-corrected chi connectivity index (χ1v) is 23.3. The van der Waals surface area contributed by atoms with Gasteiger partial charge in [0.2, 0.25) is 0 Å². The molecule has 1 amide bonds. The molecule has 4 N–H and O–H groups in total. The van der Waals surface area contributed by atoms with Gasteiger partial charge in [0.05, 0.1) is 32.9 Å². The maximum atomic E-state index is 14.0. The maximum absolute atomic E-state index is 14.0. The Hall–Kier alpha value is -5.81. The van der Waals surface area contributed by atoms with Crippen molar-refractivity contribution in [3.05, 3.63) is 133 Å². The Morgan fingerprint density at radius 1 is 1.06 bits per heavy atom. The van der Waals surface area contributed by atoms with Gasteiger partial charge in [0.25, 0.3) is 21.6 Å². The number of allylic oxidation sites excluding steroid dienone is 4. The summed E-state index contributed by atoms with van der Waals surface area (Å²) in [6.45, 7) is 5.05. The lowest BCUT2D eigenvalue weighted by molar-refractivity contribution is -0.420. The SMILES string of the molecule is N=C1C=C(S(=O)(=O)NC(=O)c2ccc(N3CCN(CC4=C(c5ccc(Cl)cc5)CC5(CCC5)CC4)CC3)cc2Oc2cnc3[nH]ccc3c2)C=C([N+](=O)[O-])/C1=C/NC1CCOCC1. The lowest BCUT2D eigenvalue weighted by Crippen LogP contribution is -2.47. The molecule has 0 radical (unpaired) electrons. The summed E-state index contributed by atoms with van der Waals surface area (Å²) in [4.78, 5) is 36.9. The molecule has 0 unspecified atom stereocenters. The van der Waals surface area contributed by atoms with Crippen molar-refractivity contribution >= 4 is 55.5 Å². The molecule has 3 fully saturated rings. The topological polar surface area (TPSA) is 196 Å². The van der Waals surface area contributed by atoms with E-state index in [2.05, 4.69) is 41.9 Å². The number of ether oxygens (including phenoxy) is 2. The van der Waals surface area contributed by atoms with Gasteiger partial charge in [-0.3, -0.25) is 25.2 Å². The Balaban J connectivity index is 0.933. The Kier molecular flexibility index (Phi) is 12.0. The van der Waals surface area contributed by atoms with E-state index in [0.29, 0.717) is 42.9 Å². The number of benzene rings is 2. The van der Waals surface area contributed by atoms with Crippen LogP contribution in [0.5, 0.6) is 11.5 Å². The predicted molar refractivity (Wildman–Crippen MR) is 242 cm³/mol. The van der Waals surface area contributed by atoms with Gasteiger partial charge in [-0.1, -0.05) is 35.7 Å². The molecular weight excluding hydrogens is 844 g/mol. The van der Waals surface area contributed by atoms with E-state index in [9.17, 15) is 23.3 Å². The molecule has 2 aromatic carbocycles. The molecule has 15 nitrogen and oxygen atoms in total. The maximum Gasteiger partial charge on any atom is 0.281 e. The van der Waals surface area contributed by atoms with E-state index in [0.717, 1.165) is 73.8 Å². The quantitative estimate of drug-likeness (QED) is 0.0803. The largest absolute Gasteiger partial charge is 0.455 e. The number of sulfonamides is 1. The standard InChI is InChI=1S/C46H49ClN8O7S/c47-33-4-2-30(3-5-33)39-26-46(12-1-13-46)14-8-32(39)29-53-16-18-54(19-17-53)35-6-7-38(43(23-35)62-36-22-31-9-15-49-44(31)51-27-36)45(56)52-63(59,60)37-24-41(48)40(42(25-37)55(57)58)28-50-34-10-20-61-21-11-34/h2-7,9,15,22-25,27-28,34,48,50H,1,8,10-14,16-21,26,29H2,(H,49,51)(H,52,56)/b40-28+,48-41?. The van der Waals surface area contributed by atoms with Crippen molar-refractivity contribution in [1.29, 1.82) is 5.41 Å². The van der Waals surface area contributed by atoms with Crippen LogP contribution in [0.4, 0.5) is 5.69 Å². The molecule has 3 aliphatic carbocycles. The lowest BCUT2D eigenvalue weighted by atomic mass is 9.59. The normalized spacial score (nSPS) is 20.4. The summed E-state index contributed by atoms with van der Waals surface area (Å²) in [5.41, 5.74) is 4.98. The Bertz CT molecular complexity index is 2690. The zero-order valence-electron chi connectivity index (χ0n) is 34.7. The van der Waals surface area contributed by atoms with E-state index in [1.165, 1.54) is 60.9 Å². The van der Waals surface area contributed by atoms with Gasteiger partial charge in [0.1, 0.15) is 17.1 Å². The van der Waals surface area contributed by atoms with Crippen LogP contribution < -0.4 is 19.7 Å². The van der Waals surface area contributed by atoms with Gasteiger partial charge in [-0.05, 0) is 104 Å². The minimum atomic E-state index is -4.70. The number of carbonyl (C=O) groups excluding carboxylic acids is 1. The minimum absolute atomic E-state index is 0.00729. The molecular formula is C46H49ClN8O7S. The average molecular weight is 893 g/mol. The number of H-pyrrole nitrogens is 1. The summed E-state index contributed by atoms with van der Waals surface area (Å²) >= 11 is 6.28. The van der Waals surface area contributed by atoms with Crippen LogP contribution in [0.15, 0.2) is 107 Å². The summed E-state index contributed by atoms with van der Waals surface area (Å²) in [6, 6.07) is 16.9. The fraction of sp³-hybridized carbons (Fsp3) is 0.370. The molecule has 63 heavy (non-hydrogen) atoms. The highest BCUT2D eigenvalue weighted by atomic mass is 35.5. The number of hydrogen-bond acceptors (Lipinski definition) is 12. The highest BCUT2D eigenvalue weighted by molar-refractivity contribution is 7.94. The number of fused-ring (bicyclic) bond motifs is 1. The van der Waals surface area contributed by atoms with Crippen molar-refractivity contribution < 1.29 is 27.6 Å². The second-order valence-corrected chi connectivity index (χ2v) is 19.2. The third-order valence-electron chi connectivity index (χ3n) is 13.1. The molecule has 2 aromatic heterocycles. The molecule has 9 rings (SSSR count). The average Bonchev–Trinajstić information content (AvgIpc) is 3.74. The van der Waals surface area contributed by atoms with Crippen LogP contribution in [-0.4, -0.2) is 91.8 Å². The second-order valence-electron chi connectivity index (χ2n) is 17.0. The number of rotatable bonds is 12. The molecule has 0 bridgehead atoms. The summed E-state index contributed by atoms with van der Waals surface area (Å²) in [5.74, 6) is -0.581. The summed E-state index contributed by atoms with van der Waals surface area (Å²) < 4.78 is 41.2. The summed E-state index contributed by atoms with van der Waals surface area (Å²) in [5, 5.41) is 25.3. The monoisotopic (exact) mass is 892 g/mol. The second kappa shape index (κ2) is 17.8. The fourth-order valence-electron chi connectivity index (χ4n) is 9.28. The number of nitro groups is 1. The number of aromatic nitrogens is 2. The van der Waals surface area contributed by atoms with Crippen molar-refractivity contribution in [2.45, 2.75) is 57.4 Å². The number of halogens is 1. The highest BCUT2D eigenvalue weighted by Crippen LogP contribution is 2.55. The number of amides is 1. The molecule has 2 aliphatic heterocycles. The Labute approximate surface area is 370 Å². The number of aromatic amines is 1. The number of pyridine rings is 1. The van der Waals surface area contributed by atoms with Crippen LogP contribution in [0.3, 0.4) is 0 Å². The zero-order valence-corrected chi connectivity index (χ0v) is 36.3. The predicted octanol–water partition coefficient (Wildman–Crippen LogP) is 7.73. The lowest BCUT2D eigenvalue weighted by Gasteiger charge is -2.47. The molecule has 2 saturated heterocycles. The van der Waals surface area contributed by atoms with E-state index < -0.39 is 37.2 Å².